The quantitative estimate of drug-likeness (QED) is 0.209. The fourth-order valence-corrected chi connectivity index (χ4v) is 12.8. The minimum atomic E-state index is -0.656. The molecule has 0 radical (unpaired) electrons. The molecule has 0 bridgehead atoms. The van der Waals surface area contributed by atoms with Crippen molar-refractivity contribution < 1.29 is 9.90 Å². The van der Waals surface area contributed by atoms with E-state index in [1.165, 1.54) is 89.0 Å². The number of hydrogen-bond donors (Lipinski definition) is 2. The van der Waals surface area contributed by atoms with Crippen LogP contribution in [0.4, 0.5) is 0 Å². The van der Waals surface area contributed by atoms with Crippen molar-refractivity contribution in [3.05, 3.63) is 12.2 Å². The predicted molar refractivity (Wildman–Crippen MR) is 167 cm³/mol. The van der Waals surface area contributed by atoms with Gasteiger partial charge in [0.2, 0.25) is 0 Å². The van der Waals surface area contributed by atoms with E-state index in [2.05, 4.69) is 53.4 Å². The first-order valence-corrected chi connectivity index (χ1v) is 17.4. The lowest BCUT2D eigenvalue weighted by Crippen LogP contribution is -2.68. The number of aliphatic carboxylic acids is 1. The molecule has 5 aliphatic carbocycles. The molecule has 0 aromatic heterocycles. The number of hydrogen-bond acceptors (Lipinski definition) is 2. The Balaban J connectivity index is 1.33. The summed E-state index contributed by atoms with van der Waals surface area (Å²) in [6.45, 7) is 21.5. The maximum atomic E-state index is 10.8. The number of unbranched alkanes of at least 4 members (excludes halogenated alkanes) is 4. The second-order valence-electron chi connectivity index (χ2n) is 17.0. The molecule has 0 amide bonds. The predicted octanol–water partition coefficient (Wildman–Crippen LogP) is 9.80. The van der Waals surface area contributed by atoms with Crippen molar-refractivity contribution in [1.82, 2.24) is 5.32 Å². The molecule has 3 heteroatoms. The van der Waals surface area contributed by atoms with E-state index < -0.39 is 5.97 Å². The van der Waals surface area contributed by atoms with Crippen LogP contribution in [0.5, 0.6) is 0 Å². The van der Waals surface area contributed by atoms with E-state index in [0.29, 0.717) is 39.5 Å². The van der Waals surface area contributed by atoms with Gasteiger partial charge in [0.1, 0.15) is 0 Å². The molecule has 4 unspecified atom stereocenters. The molecule has 0 aromatic rings. The Kier molecular flexibility index (Phi) is 8.44. The van der Waals surface area contributed by atoms with Crippen molar-refractivity contribution in [2.24, 2.45) is 51.2 Å². The lowest BCUT2D eigenvalue weighted by Gasteiger charge is -2.72. The van der Waals surface area contributed by atoms with E-state index in [1.807, 2.05) is 0 Å². The van der Waals surface area contributed by atoms with E-state index in [4.69, 9.17) is 5.11 Å². The molecule has 5 fully saturated rings. The molecule has 5 rings (SSSR count). The van der Waals surface area contributed by atoms with Gasteiger partial charge in [-0.25, -0.2) is 0 Å². The van der Waals surface area contributed by atoms with Crippen LogP contribution in [0.25, 0.3) is 0 Å². The van der Waals surface area contributed by atoms with Crippen LogP contribution in [-0.2, 0) is 4.79 Å². The summed E-state index contributed by atoms with van der Waals surface area (Å²) in [5, 5.41) is 13.1. The van der Waals surface area contributed by atoms with Gasteiger partial charge in [0.05, 0.1) is 0 Å². The van der Waals surface area contributed by atoms with Gasteiger partial charge in [-0.05, 0) is 142 Å². The summed E-state index contributed by atoms with van der Waals surface area (Å²) in [7, 11) is 0. The summed E-state index contributed by atoms with van der Waals surface area (Å²) in [4.78, 5) is 10.8. The number of carboxylic acid groups (broad SMARTS) is 1. The van der Waals surface area contributed by atoms with Gasteiger partial charge >= 0.3 is 5.97 Å². The molecule has 0 saturated heterocycles. The topological polar surface area (TPSA) is 49.3 Å². The standard InChI is InChI=1S/C37H63NO2/c1-26(2)27-17-22-37(38-25-12-10-8-9-11-14-31(39)40)24-23-35(6)28(32(27)37)15-16-30-34(5)20-13-19-33(3,4)29(34)18-21-36(30,35)7/h27-30,32,38H,1,8-25H2,2-7H3,(H,39,40)/t27-,28?,29?,30?,32?,34-,35+,36+,37-/m0/s1. The van der Waals surface area contributed by atoms with Gasteiger partial charge in [-0.1, -0.05) is 72.5 Å². The van der Waals surface area contributed by atoms with Gasteiger partial charge in [-0.15, -0.1) is 0 Å². The van der Waals surface area contributed by atoms with Gasteiger partial charge < -0.3 is 10.4 Å². The Labute approximate surface area is 247 Å². The first kappa shape index (κ1) is 30.6. The highest BCUT2D eigenvalue weighted by molar-refractivity contribution is 5.66. The zero-order chi connectivity index (χ0) is 29.0. The number of carboxylic acids is 1. The first-order chi connectivity index (χ1) is 18.8. The molecule has 228 valence electrons. The van der Waals surface area contributed by atoms with E-state index in [-0.39, 0.29) is 0 Å². The zero-order valence-corrected chi connectivity index (χ0v) is 27.2. The maximum absolute atomic E-state index is 10.8. The lowest BCUT2D eigenvalue weighted by atomic mass is 9.33. The Morgan fingerprint density at radius 2 is 1.52 bits per heavy atom. The Bertz CT molecular complexity index is 956. The normalized spacial score (nSPS) is 45.6. The van der Waals surface area contributed by atoms with Crippen LogP contribution in [0.2, 0.25) is 0 Å². The van der Waals surface area contributed by atoms with Gasteiger partial charge in [-0.3, -0.25) is 4.79 Å². The van der Waals surface area contributed by atoms with E-state index >= 15 is 0 Å². The van der Waals surface area contributed by atoms with Crippen LogP contribution < -0.4 is 5.32 Å². The summed E-state index contributed by atoms with van der Waals surface area (Å²) in [6, 6.07) is 0. The highest BCUT2D eigenvalue weighted by atomic mass is 16.4. The Hall–Kier alpha value is -0.830. The summed E-state index contributed by atoms with van der Waals surface area (Å²) >= 11 is 0. The Morgan fingerprint density at radius 3 is 2.25 bits per heavy atom. The third-order valence-electron chi connectivity index (χ3n) is 14.9. The van der Waals surface area contributed by atoms with E-state index in [9.17, 15) is 4.79 Å². The molecular weight excluding hydrogens is 490 g/mol. The van der Waals surface area contributed by atoms with Crippen molar-refractivity contribution in [2.75, 3.05) is 6.54 Å². The number of nitrogens with one attached hydrogen (secondary N) is 1. The largest absolute Gasteiger partial charge is 0.481 e. The number of carbonyl (C=O) groups is 1. The van der Waals surface area contributed by atoms with Crippen molar-refractivity contribution >= 4 is 5.97 Å². The second-order valence-corrected chi connectivity index (χ2v) is 17.0. The third-order valence-corrected chi connectivity index (χ3v) is 14.9. The highest BCUT2D eigenvalue weighted by Gasteiger charge is 2.70. The lowest BCUT2D eigenvalue weighted by molar-refractivity contribution is -0.231. The van der Waals surface area contributed by atoms with Crippen molar-refractivity contribution in [1.29, 1.82) is 0 Å². The molecular formula is C37H63NO2. The monoisotopic (exact) mass is 553 g/mol. The molecule has 0 aromatic carbocycles. The minimum absolute atomic E-state index is 0.300. The highest BCUT2D eigenvalue weighted by Crippen LogP contribution is 2.76. The smallest absolute Gasteiger partial charge is 0.303 e. The molecule has 0 aliphatic heterocycles. The van der Waals surface area contributed by atoms with E-state index in [0.717, 1.165) is 49.5 Å². The van der Waals surface area contributed by atoms with Crippen LogP contribution >= 0.6 is 0 Å². The maximum Gasteiger partial charge on any atom is 0.303 e. The molecule has 0 heterocycles. The molecule has 5 aliphatic rings. The average molecular weight is 554 g/mol. The fraction of sp³-hybridized carbons (Fsp3) is 0.919. The van der Waals surface area contributed by atoms with Crippen LogP contribution in [-0.4, -0.2) is 23.2 Å². The van der Waals surface area contributed by atoms with Gasteiger partial charge in [0, 0.05) is 12.0 Å². The van der Waals surface area contributed by atoms with Crippen molar-refractivity contribution in [3.8, 4) is 0 Å². The minimum Gasteiger partial charge on any atom is -0.481 e. The molecule has 3 nitrogen and oxygen atoms in total. The van der Waals surface area contributed by atoms with Crippen LogP contribution in [0.1, 0.15) is 151 Å². The number of rotatable bonds is 10. The second kappa shape index (κ2) is 11.0. The van der Waals surface area contributed by atoms with Gasteiger partial charge in [0.25, 0.3) is 0 Å². The summed E-state index contributed by atoms with van der Waals surface area (Å²) in [5.74, 6) is 3.35. The van der Waals surface area contributed by atoms with Crippen LogP contribution in [0.15, 0.2) is 12.2 Å². The summed E-state index contributed by atoms with van der Waals surface area (Å²) in [5.41, 5.74) is 3.65. The zero-order valence-electron chi connectivity index (χ0n) is 27.2. The van der Waals surface area contributed by atoms with Gasteiger partial charge in [-0.2, -0.15) is 0 Å². The van der Waals surface area contributed by atoms with Crippen LogP contribution in [0.3, 0.4) is 0 Å². The molecule has 9 atom stereocenters. The first-order valence-electron chi connectivity index (χ1n) is 17.4. The van der Waals surface area contributed by atoms with E-state index in [1.54, 1.807) is 0 Å². The van der Waals surface area contributed by atoms with Crippen molar-refractivity contribution in [2.45, 2.75) is 156 Å². The fourth-order valence-electron chi connectivity index (χ4n) is 12.8. The van der Waals surface area contributed by atoms with Crippen molar-refractivity contribution in [3.63, 3.8) is 0 Å². The van der Waals surface area contributed by atoms with Crippen LogP contribution in [0, 0.1) is 51.2 Å². The van der Waals surface area contributed by atoms with Gasteiger partial charge in [0.15, 0.2) is 0 Å². The summed E-state index contributed by atoms with van der Waals surface area (Å²) < 4.78 is 0. The number of allylic oxidation sites excluding steroid dienone is 1. The summed E-state index contributed by atoms with van der Waals surface area (Å²) in [6.07, 6.45) is 21.3. The third kappa shape index (κ3) is 4.85. The SMILES string of the molecule is C=C(C)[C@@H]1CC[C@]2(NCCCCCCCC(=O)O)CC[C@]3(C)C(CCC4[C@@]5(C)CCCC(C)(C)C5CC[C@]43C)C12. The molecule has 2 N–H and O–H groups in total. The molecule has 0 spiro atoms. The average Bonchev–Trinajstić information content (AvgIpc) is 3.25. The molecule has 5 saturated carbocycles. The molecule has 40 heavy (non-hydrogen) atoms. The Morgan fingerprint density at radius 1 is 0.800 bits per heavy atom. The number of fused-ring (bicyclic) bond motifs is 7.